The maximum absolute atomic E-state index is 12.7. The Balaban J connectivity index is 1.52. The molecule has 10 heteroatoms. The van der Waals surface area contributed by atoms with Crippen molar-refractivity contribution in [2.75, 3.05) is 31.7 Å². The summed E-state index contributed by atoms with van der Waals surface area (Å²) in [7, 11) is 1.58. The first-order valence-electron chi connectivity index (χ1n) is 13.5. The van der Waals surface area contributed by atoms with Gasteiger partial charge in [0.2, 0.25) is 5.95 Å². The number of hydrogen-bond donors (Lipinski definition) is 1. The molecule has 0 aliphatic carbocycles. The summed E-state index contributed by atoms with van der Waals surface area (Å²) >= 11 is 0. The zero-order valence-electron chi connectivity index (χ0n) is 23.4. The molecule has 2 aromatic heterocycles. The Morgan fingerprint density at radius 2 is 1.85 bits per heavy atom. The fraction of sp³-hybridized carbons (Fsp3) is 0.433. The van der Waals surface area contributed by atoms with E-state index in [-0.39, 0.29) is 28.9 Å². The number of anilines is 1. The van der Waals surface area contributed by atoms with Crippen molar-refractivity contribution in [2.45, 2.75) is 46.6 Å². The van der Waals surface area contributed by atoms with Crippen LogP contribution in [0, 0.1) is 11.3 Å². The Morgan fingerprint density at radius 3 is 2.48 bits per heavy atom. The standard InChI is InChI=1S/C30H34N4O6/c1-6-40-28(38)17-7-8-33(15-17)29-31-13-19(14-32-29)21-9-18-10-26(30(2,3)4)34-16-22(27(36)37)24(35)12-23(34)20(18)11-25(21)39-5/h9,11-14,16-17,26H,6-8,10,15H2,1-5H3,(H,36,37). The minimum atomic E-state index is -1.24. The molecule has 40 heavy (non-hydrogen) atoms. The molecule has 210 valence electrons. The van der Waals surface area contributed by atoms with Crippen LogP contribution in [0.25, 0.3) is 22.4 Å². The largest absolute Gasteiger partial charge is 0.496 e. The van der Waals surface area contributed by atoms with Crippen LogP contribution in [0.3, 0.4) is 0 Å². The molecule has 0 radical (unpaired) electrons. The van der Waals surface area contributed by atoms with Crippen molar-refractivity contribution in [1.82, 2.24) is 14.5 Å². The number of pyridine rings is 1. The summed E-state index contributed by atoms with van der Waals surface area (Å²) in [6.07, 6.45) is 6.33. The van der Waals surface area contributed by atoms with Gasteiger partial charge in [-0.2, -0.15) is 0 Å². The average Bonchev–Trinajstić information content (AvgIpc) is 3.42. The number of carbonyl (C=O) groups is 2. The first kappa shape index (κ1) is 27.4. The Morgan fingerprint density at radius 1 is 1.12 bits per heavy atom. The number of ether oxygens (including phenoxy) is 2. The molecule has 1 aromatic carbocycles. The van der Waals surface area contributed by atoms with E-state index in [1.807, 2.05) is 15.5 Å². The van der Waals surface area contributed by atoms with E-state index in [9.17, 15) is 19.5 Å². The maximum atomic E-state index is 12.7. The molecule has 3 aromatic rings. The van der Waals surface area contributed by atoms with Crippen molar-refractivity contribution in [3.05, 3.63) is 58.1 Å². The van der Waals surface area contributed by atoms with Gasteiger partial charge >= 0.3 is 11.9 Å². The van der Waals surface area contributed by atoms with E-state index < -0.39 is 11.4 Å². The third-order valence-electron chi connectivity index (χ3n) is 7.80. The lowest BCUT2D eigenvalue weighted by Gasteiger charge is -2.39. The molecule has 1 saturated heterocycles. The highest BCUT2D eigenvalue weighted by atomic mass is 16.5. The van der Waals surface area contributed by atoms with Gasteiger partial charge < -0.3 is 24.0 Å². The van der Waals surface area contributed by atoms with Gasteiger partial charge in [-0.1, -0.05) is 20.8 Å². The van der Waals surface area contributed by atoms with Crippen molar-refractivity contribution >= 4 is 17.9 Å². The average molecular weight is 547 g/mol. The van der Waals surface area contributed by atoms with Crippen molar-refractivity contribution in [2.24, 2.45) is 11.3 Å². The summed E-state index contributed by atoms with van der Waals surface area (Å²) in [6.45, 7) is 9.69. The lowest BCUT2D eigenvalue weighted by molar-refractivity contribution is -0.147. The molecule has 0 bridgehead atoms. The lowest BCUT2D eigenvalue weighted by atomic mass is 9.78. The topological polar surface area (TPSA) is 124 Å². The molecule has 0 saturated carbocycles. The first-order chi connectivity index (χ1) is 19.0. The molecule has 2 aliphatic rings. The van der Waals surface area contributed by atoms with Gasteiger partial charge in [0.15, 0.2) is 5.43 Å². The monoisotopic (exact) mass is 546 g/mol. The first-order valence-corrected chi connectivity index (χ1v) is 13.5. The van der Waals surface area contributed by atoms with Crippen LogP contribution in [0.4, 0.5) is 5.95 Å². The van der Waals surface area contributed by atoms with E-state index in [1.54, 1.807) is 26.4 Å². The van der Waals surface area contributed by atoms with E-state index >= 15 is 0 Å². The molecule has 1 N–H and O–H groups in total. The molecule has 4 heterocycles. The van der Waals surface area contributed by atoms with Crippen LogP contribution in [0.2, 0.25) is 0 Å². The quantitative estimate of drug-likeness (QED) is 0.453. The molecule has 10 nitrogen and oxygen atoms in total. The molecule has 2 unspecified atom stereocenters. The number of esters is 1. The number of rotatable bonds is 6. The molecule has 2 aliphatic heterocycles. The lowest BCUT2D eigenvalue weighted by Crippen LogP contribution is -2.32. The number of carbonyl (C=O) groups excluding carboxylic acids is 1. The number of nitrogens with zero attached hydrogens (tertiary/aromatic N) is 4. The van der Waals surface area contributed by atoms with Gasteiger partial charge in [-0.05, 0) is 42.9 Å². The second kappa shape index (κ2) is 10.4. The predicted molar refractivity (Wildman–Crippen MR) is 150 cm³/mol. The Bertz CT molecular complexity index is 1520. The van der Waals surface area contributed by atoms with Crippen molar-refractivity contribution < 1.29 is 24.2 Å². The Kier molecular flexibility index (Phi) is 7.12. The van der Waals surface area contributed by atoms with E-state index in [4.69, 9.17) is 9.47 Å². The maximum Gasteiger partial charge on any atom is 0.341 e. The number of methoxy groups -OCH3 is 1. The molecular weight excluding hydrogens is 512 g/mol. The van der Waals surface area contributed by atoms with Crippen molar-refractivity contribution in [3.8, 4) is 28.1 Å². The number of carboxylic acid groups (broad SMARTS) is 1. The minimum Gasteiger partial charge on any atom is -0.496 e. The zero-order valence-corrected chi connectivity index (χ0v) is 23.4. The summed E-state index contributed by atoms with van der Waals surface area (Å²) in [5.41, 5.74) is 3.14. The highest BCUT2D eigenvalue weighted by Crippen LogP contribution is 2.45. The summed E-state index contributed by atoms with van der Waals surface area (Å²) in [5.74, 6) is -0.448. The molecule has 0 amide bonds. The molecule has 5 rings (SSSR count). The summed E-state index contributed by atoms with van der Waals surface area (Å²) in [5, 5.41) is 9.58. The number of aromatic nitrogens is 3. The number of carboxylic acids is 1. The second-order valence-electron chi connectivity index (χ2n) is 11.4. The third-order valence-corrected chi connectivity index (χ3v) is 7.80. The van der Waals surface area contributed by atoms with Crippen LogP contribution in [-0.4, -0.2) is 58.4 Å². The van der Waals surface area contributed by atoms with Gasteiger partial charge in [0.05, 0.1) is 25.3 Å². The molecule has 0 spiro atoms. The van der Waals surface area contributed by atoms with Gasteiger partial charge in [-0.15, -0.1) is 0 Å². The van der Waals surface area contributed by atoms with Crippen molar-refractivity contribution in [3.63, 3.8) is 0 Å². The van der Waals surface area contributed by atoms with Crippen LogP contribution < -0.4 is 15.1 Å². The van der Waals surface area contributed by atoms with Crippen LogP contribution in [0.1, 0.15) is 56.1 Å². The summed E-state index contributed by atoms with van der Waals surface area (Å²) in [4.78, 5) is 47.7. The fourth-order valence-electron chi connectivity index (χ4n) is 5.66. The van der Waals surface area contributed by atoms with Gasteiger partial charge in [0.1, 0.15) is 11.3 Å². The van der Waals surface area contributed by atoms with Crippen LogP contribution >= 0.6 is 0 Å². The Hall–Kier alpha value is -4.21. The van der Waals surface area contributed by atoms with Gasteiger partial charge in [-0.3, -0.25) is 9.59 Å². The molecular formula is C30H34N4O6. The van der Waals surface area contributed by atoms with Gasteiger partial charge in [-0.25, -0.2) is 14.8 Å². The van der Waals surface area contributed by atoms with Crippen LogP contribution in [0.5, 0.6) is 5.75 Å². The zero-order chi connectivity index (χ0) is 28.8. The third kappa shape index (κ3) is 4.94. The second-order valence-corrected chi connectivity index (χ2v) is 11.4. The predicted octanol–water partition coefficient (Wildman–Crippen LogP) is 4.21. The van der Waals surface area contributed by atoms with Gasteiger partial charge in [0.25, 0.3) is 0 Å². The van der Waals surface area contributed by atoms with Crippen LogP contribution in [0.15, 0.2) is 41.6 Å². The van der Waals surface area contributed by atoms with E-state index in [0.29, 0.717) is 49.9 Å². The van der Waals surface area contributed by atoms with Gasteiger partial charge in [0, 0.05) is 60.5 Å². The smallest absolute Gasteiger partial charge is 0.341 e. The molecule has 2 atom stereocenters. The fourth-order valence-corrected chi connectivity index (χ4v) is 5.66. The minimum absolute atomic E-state index is 0.0731. The Labute approximate surface area is 232 Å². The normalized spacial score (nSPS) is 18.2. The number of aromatic carboxylic acids is 1. The van der Waals surface area contributed by atoms with E-state index in [0.717, 1.165) is 22.3 Å². The van der Waals surface area contributed by atoms with E-state index in [1.165, 1.54) is 12.3 Å². The highest BCUT2D eigenvalue weighted by molar-refractivity contribution is 5.88. The number of fused-ring (bicyclic) bond motifs is 3. The van der Waals surface area contributed by atoms with E-state index in [2.05, 4.69) is 36.8 Å². The van der Waals surface area contributed by atoms with Crippen molar-refractivity contribution in [1.29, 1.82) is 0 Å². The number of benzene rings is 1. The molecule has 1 fully saturated rings. The summed E-state index contributed by atoms with van der Waals surface area (Å²) < 4.78 is 12.8. The summed E-state index contributed by atoms with van der Waals surface area (Å²) in [6, 6.07) is 5.29. The van der Waals surface area contributed by atoms with Crippen LogP contribution in [-0.2, 0) is 16.0 Å². The highest BCUT2D eigenvalue weighted by Gasteiger charge is 2.35. The SMILES string of the molecule is CCOC(=O)C1CCN(c2ncc(-c3cc4c(cc3OC)-c3cc(=O)c(C(=O)O)cn3C(C(C)(C)C)C4)cn2)C1. The number of hydrogen-bond acceptors (Lipinski definition) is 8.